The number of hydrogen-bond donors (Lipinski definition) is 3. The minimum atomic E-state index is -0.736. The van der Waals surface area contributed by atoms with Crippen LogP contribution in [0, 0.1) is 10.8 Å². The van der Waals surface area contributed by atoms with Gasteiger partial charge in [-0.25, -0.2) is 4.99 Å². The number of amides is 3. The number of aliphatic imine (C=N–C) groups is 1. The van der Waals surface area contributed by atoms with E-state index in [4.69, 9.17) is 0 Å². The third kappa shape index (κ3) is 6.69. The van der Waals surface area contributed by atoms with E-state index in [-0.39, 0.29) is 23.7 Å². The fraction of sp³-hybridized carbons (Fsp3) is 0.733. The lowest BCUT2D eigenvalue weighted by molar-refractivity contribution is -0.128. The third-order valence-electron chi connectivity index (χ3n) is 2.77. The van der Waals surface area contributed by atoms with Crippen molar-refractivity contribution < 1.29 is 14.4 Å². The van der Waals surface area contributed by atoms with Gasteiger partial charge in [-0.15, -0.1) is 0 Å². The number of hydrogen-bond acceptors (Lipinski definition) is 4. The van der Waals surface area contributed by atoms with Crippen LogP contribution >= 0.6 is 0 Å². The summed E-state index contributed by atoms with van der Waals surface area (Å²) in [4.78, 5) is 39.8. The molecule has 0 saturated carbocycles. The van der Waals surface area contributed by atoms with E-state index in [2.05, 4.69) is 20.9 Å². The van der Waals surface area contributed by atoms with Crippen LogP contribution in [0.2, 0.25) is 0 Å². The molecule has 0 spiro atoms. The Morgan fingerprint density at radius 1 is 0.864 bits per heavy atom. The van der Waals surface area contributed by atoms with E-state index in [0.29, 0.717) is 0 Å². The Bertz CT molecular complexity index is 440. The van der Waals surface area contributed by atoms with E-state index >= 15 is 0 Å². The van der Waals surface area contributed by atoms with Crippen LogP contribution in [0.1, 0.15) is 48.5 Å². The van der Waals surface area contributed by atoms with Gasteiger partial charge in [0, 0.05) is 17.9 Å². The monoisotopic (exact) mass is 312 g/mol. The lowest BCUT2D eigenvalue weighted by atomic mass is 9.95. The van der Waals surface area contributed by atoms with Gasteiger partial charge in [0.25, 0.3) is 0 Å². The Balaban J connectivity index is 5.33. The first-order chi connectivity index (χ1) is 9.78. The summed E-state index contributed by atoms with van der Waals surface area (Å²) in [5, 5.41) is 7.60. The number of nitrogens with one attached hydrogen (secondary N) is 3. The van der Waals surface area contributed by atoms with Crippen LogP contribution in [-0.2, 0) is 14.4 Å². The maximum absolute atomic E-state index is 12.1. The molecule has 0 rings (SSSR count). The number of nitrogens with zero attached hydrogens (tertiary/aromatic N) is 1. The zero-order valence-electron chi connectivity index (χ0n) is 14.7. The molecular formula is C15H28N4O3. The highest BCUT2D eigenvalue weighted by molar-refractivity contribution is 6.07. The average Bonchev–Trinajstić information content (AvgIpc) is 2.34. The molecule has 0 aliphatic carbocycles. The van der Waals surface area contributed by atoms with E-state index in [1.807, 2.05) is 0 Å². The van der Waals surface area contributed by atoms with Gasteiger partial charge in [0.2, 0.25) is 23.7 Å². The minimum Gasteiger partial charge on any atom is -0.357 e. The second-order valence-electron chi connectivity index (χ2n) is 7.18. The van der Waals surface area contributed by atoms with Crippen molar-refractivity contribution in [1.29, 1.82) is 0 Å². The van der Waals surface area contributed by atoms with Gasteiger partial charge in [0.1, 0.15) is 6.04 Å². The van der Waals surface area contributed by atoms with Crippen molar-refractivity contribution in [2.45, 2.75) is 54.5 Å². The zero-order chi connectivity index (χ0) is 17.7. The van der Waals surface area contributed by atoms with Crippen molar-refractivity contribution in [3.63, 3.8) is 0 Å². The number of guanidine groups is 1. The molecular weight excluding hydrogens is 284 g/mol. The molecule has 7 heteroatoms. The Hall–Kier alpha value is -1.92. The summed E-state index contributed by atoms with van der Waals surface area (Å²) in [6.07, 6.45) is 0. The molecule has 22 heavy (non-hydrogen) atoms. The van der Waals surface area contributed by atoms with Gasteiger partial charge in [-0.1, -0.05) is 41.5 Å². The van der Waals surface area contributed by atoms with Crippen LogP contribution < -0.4 is 16.0 Å². The van der Waals surface area contributed by atoms with E-state index < -0.39 is 16.9 Å². The predicted molar refractivity (Wildman–Crippen MR) is 86.2 cm³/mol. The maximum Gasteiger partial charge on any atom is 0.244 e. The lowest BCUT2D eigenvalue weighted by Crippen LogP contribution is -2.51. The smallest absolute Gasteiger partial charge is 0.244 e. The van der Waals surface area contributed by atoms with Crippen LogP contribution in [0.25, 0.3) is 0 Å². The molecule has 1 atom stereocenters. The molecule has 0 heterocycles. The molecule has 0 aliphatic heterocycles. The highest BCUT2D eigenvalue weighted by Crippen LogP contribution is 2.14. The second kappa shape index (κ2) is 7.38. The Morgan fingerprint density at radius 2 is 1.23 bits per heavy atom. The second-order valence-corrected chi connectivity index (χ2v) is 7.18. The van der Waals surface area contributed by atoms with E-state index in [1.54, 1.807) is 48.5 Å². The van der Waals surface area contributed by atoms with Crippen LogP contribution in [-0.4, -0.2) is 36.8 Å². The summed E-state index contributed by atoms with van der Waals surface area (Å²) in [5.41, 5.74) is -1.30. The summed E-state index contributed by atoms with van der Waals surface area (Å²) in [6, 6.07) is -0.736. The number of carbonyl (C=O) groups excluding carboxylic acids is 3. The number of carbonyl (C=O) groups is 3. The first-order valence-electron chi connectivity index (χ1n) is 7.21. The third-order valence-corrected chi connectivity index (χ3v) is 2.77. The topological polar surface area (TPSA) is 99.7 Å². The Morgan fingerprint density at radius 3 is 1.50 bits per heavy atom. The minimum absolute atomic E-state index is 0.0176. The van der Waals surface area contributed by atoms with Gasteiger partial charge >= 0.3 is 0 Å². The zero-order valence-corrected chi connectivity index (χ0v) is 14.7. The van der Waals surface area contributed by atoms with E-state index in [9.17, 15) is 14.4 Å². The van der Waals surface area contributed by atoms with Crippen molar-refractivity contribution >= 4 is 23.7 Å². The van der Waals surface area contributed by atoms with Crippen molar-refractivity contribution in [1.82, 2.24) is 16.0 Å². The molecule has 0 aromatic rings. The number of likely N-dealkylation sites (N-methyl/N-ethyl adjacent to an activating group) is 1. The molecule has 7 nitrogen and oxygen atoms in total. The van der Waals surface area contributed by atoms with Crippen molar-refractivity contribution in [3.05, 3.63) is 0 Å². The molecule has 3 N–H and O–H groups in total. The predicted octanol–water partition coefficient (Wildman–Crippen LogP) is 0.801. The van der Waals surface area contributed by atoms with Crippen LogP contribution in [0.5, 0.6) is 0 Å². The van der Waals surface area contributed by atoms with Gasteiger partial charge < -0.3 is 5.32 Å². The molecule has 0 aromatic heterocycles. The van der Waals surface area contributed by atoms with Crippen LogP contribution in [0.3, 0.4) is 0 Å². The Labute approximate surface area is 132 Å². The summed E-state index contributed by atoms with van der Waals surface area (Å²) >= 11 is 0. The van der Waals surface area contributed by atoms with Crippen molar-refractivity contribution in [2.75, 3.05) is 7.05 Å². The van der Waals surface area contributed by atoms with E-state index in [0.717, 1.165) is 0 Å². The summed E-state index contributed by atoms with van der Waals surface area (Å²) < 4.78 is 0. The molecule has 0 aromatic carbocycles. The quantitative estimate of drug-likeness (QED) is 0.519. The maximum atomic E-state index is 12.1. The average molecular weight is 312 g/mol. The van der Waals surface area contributed by atoms with Gasteiger partial charge in [-0.2, -0.15) is 0 Å². The Kier molecular flexibility index (Phi) is 6.73. The van der Waals surface area contributed by atoms with Gasteiger partial charge in [0.15, 0.2) is 0 Å². The molecule has 3 amide bonds. The fourth-order valence-corrected chi connectivity index (χ4v) is 1.15. The van der Waals surface area contributed by atoms with Crippen molar-refractivity contribution in [2.24, 2.45) is 15.8 Å². The van der Waals surface area contributed by atoms with Crippen LogP contribution in [0.4, 0.5) is 0 Å². The normalized spacial score (nSPS) is 12.9. The highest BCUT2D eigenvalue weighted by Gasteiger charge is 2.27. The first-order valence-corrected chi connectivity index (χ1v) is 7.21. The number of rotatable bonds is 2. The molecule has 0 fully saturated rings. The molecule has 0 radical (unpaired) electrons. The van der Waals surface area contributed by atoms with Gasteiger partial charge in [0.05, 0.1) is 0 Å². The SMILES string of the molecule is CNC(=O)[C@H](C)N=C(NC(=O)C(C)(C)C)NC(=O)C(C)(C)C. The van der Waals surface area contributed by atoms with E-state index in [1.165, 1.54) is 7.05 Å². The largest absolute Gasteiger partial charge is 0.357 e. The van der Waals surface area contributed by atoms with Crippen LogP contribution in [0.15, 0.2) is 4.99 Å². The molecule has 126 valence electrons. The standard InChI is InChI=1S/C15H28N4O3/c1-9(10(20)16-8)17-13(18-11(21)14(2,3)4)19-12(22)15(5,6)7/h9H,1-8H3,(H,16,20)(H2,17,18,19,21,22)/t9-/m0/s1. The molecule has 0 unspecified atom stereocenters. The molecule has 0 bridgehead atoms. The summed E-state index contributed by atoms with van der Waals surface area (Å²) in [7, 11) is 1.50. The molecule has 0 saturated heterocycles. The lowest BCUT2D eigenvalue weighted by Gasteiger charge is -2.22. The van der Waals surface area contributed by atoms with Gasteiger partial charge in [-0.3, -0.25) is 25.0 Å². The highest BCUT2D eigenvalue weighted by atomic mass is 16.2. The summed E-state index contributed by atoms with van der Waals surface area (Å²) in [6.45, 7) is 12.0. The summed E-state index contributed by atoms with van der Waals surface area (Å²) in [5.74, 6) is -0.933. The molecule has 0 aliphatic rings. The van der Waals surface area contributed by atoms with Gasteiger partial charge in [-0.05, 0) is 6.92 Å². The fourth-order valence-electron chi connectivity index (χ4n) is 1.15. The first kappa shape index (κ1) is 20.1. The van der Waals surface area contributed by atoms with Crippen molar-refractivity contribution in [3.8, 4) is 0 Å².